The number of hydrogen-bond acceptors (Lipinski definition) is 4. The van der Waals surface area contributed by atoms with Crippen LogP contribution in [-0.2, 0) is 6.42 Å². The molecule has 5 heteroatoms. The Morgan fingerprint density at radius 1 is 1.22 bits per heavy atom. The van der Waals surface area contributed by atoms with Crippen molar-refractivity contribution in [2.24, 2.45) is 0 Å². The highest BCUT2D eigenvalue weighted by atomic mass is 35.5. The van der Waals surface area contributed by atoms with E-state index in [9.17, 15) is 0 Å². The first kappa shape index (κ1) is 12.6. The van der Waals surface area contributed by atoms with Gasteiger partial charge in [-0.1, -0.05) is 12.1 Å². The predicted molar refractivity (Wildman–Crippen MR) is 72.2 cm³/mol. The number of aromatic nitrogens is 2. The maximum atomic E-state index is 5.70. The summed E-state index contributed by atoms with van der Waals surface area (Å²) in [5, 5.41) is 3.45. The zero-order valence-corrected chi connectivity index (χ0v) is 10.8. The van der Waals surface area contributed by atoms with E-state index < -0.39 is 0 Å². The summed E-state index contributed by atoms with van der Waals surface area (Å²) in [5.41, 5.74) is 1.24. The fourth-order valence-corrected chi connectivity index (χ4v) is 1.71. The van der Waals surface area contributed by atoms with Crippen LogP contribution in [0, 0.1) is 0 Å². The predicted octanol–water partition coefficient (Wildman–Crippen LogP) is 2.79. The van der Waals surface area contributed by atoms with E-state index in [2.05, 4.69) is 15.3 Å². The van der Waals surface area contributed by atoms with E-state index in [1.54, 1.807) is 19.4 Å². The number of halogens is 1. The second-order valence-electron chi connectivity index (χ2n) is 3.74. The minimum Gasteiger partial charge on any atom is -0.497 e. The van der Waals surface area contributed by atoms with Gasteiger partial charge < -0.3 is 10.1 Å². The standard InChI is InChI=1S/C13H14ClN3O/c1-18-11-4-2-10(3-5-11)6-8-15-12-7-9-16-13(14)17-12/h2-5,7,9H,6,8H2,1H3,(H,15,16,17). The van der Waals surface area contributed by atoms with Crippen molar-refractivity contribution in [3.05, 3.63) is 47.4 Å². The molecule has 1 aromatic heterocycles. The van der Waals surface area contributed by atoms with E-state index in [0.29, 0.717) is 0 Å². The van der Waals surface area contributed by atoms with Crippen molar-refractivity contribution >= 4 is 17.4 Å². The van der Waals surface area contributed by atoms with E-state index >= 15 is 0 Å². The zero-order valence-electron chi connectivity index (χ0n) is 10.1. The Balaban J connectivity index is 1.84. The SMILES string of the molecule is COc1ccc(CCNc2ccnc(Cl)n2)cc1. The van der Waals surface area contributed by atoms with Gasteiger partial charge in [-0.05, 0) is 41.8 Å². The van der Waals surface area contributed by atoms with Crippen molar-refractivity contribution in [1.82, 2.24) is 9.97 Å². The van der Waals surface area contributed by atoms with E-state index in [-0.39, 0.29) is 5.28 Å². The molecule has 0 unspecified atom stereocenters. The molecule has 0 amide bonds. The van der Waals surface area contributed by atoms with Crippen LogP contribution in [0.2, 0.25) is 5.28 Å². The molecule has 0 saturated carbocycles. The van der Waals surface area contributed by atoms with Crippen LogP contribution in [0.15, 0.2) is 36.5 Å². The average molecular weight is 264 g/mol. The molecule has 0 aliphatic rings. The van der Waals surface area contributed by atoms with Gasteiger partial charge in [0.15, 0.2) is 0 Å². The van der Waals surface area contributed by atoms with Crippen molar-refractivity contribution < 1.29 is 4.74 Å². The van der Waals surface area contributed by atoms with Crippen LogP contribution in [-0.4, -0.2) is 23.6 Å². The number of nitrogens with one attached hydrogen (secondary N) is 1. The molecule has 0 fully saturated rings. The van der Waals surface area contributed by atoms with Crippen molar-refractivity contribution in [3.63, 3.8) is 0 Å². The van der Waals surface area contributed by atoms with Crippen LogP contribution in [0.5, 0.6) is 5.75 Å². The van der Waals surface area contributed by atoms with Crippen LogP contribution in [0.1, 0.15) is 5.56 Å². The lowest BCUT2D eigenvalue weighted by atomic mass is 10.1. The van der Waals surface area contributed by atoms with Crippen LogP contribution in [0.25, 0.3) is 0 Å². The summed E-state index contributed by atoms with van der Waals surface area (Å²) < 4.78 is 5.11. The monoisotopic (exact) mass is 263 g/mol. The van der Waals surface area contributed by atoms with Crippen molar-refractivity contribution in [2.45, 2.75) is 6.42 Å². The molecule has 0 bridgehead atoms. The lowest BCUT2D eigenvalue weighted by Crippen LogP contribution is -2.06. The third-order valence-electron chi connectivity index (χ3n) is 2.51. The molecule has 0 aliphatic carbocycles. The third-order valence-corrected chi connectivity index (χ3v) is 2.69. The van der Waals surface area contributed by atoms with Gasteiger partial charge in [-0.25, -0.2) is 9.97 Å². The number of nitrogens with zero attached hydrogens (tertiary/aromatic N) is 2. The van der Waals surface area contributed by atoms with E-state index in [1.807, 2.05) is 24.3 Å². The van der Waals surface area contributed by atoms with E-state index in [0.717, 1.165) is 24.5 Å². The Bertz CT molecular complexity index is 502. The zero-order chi connectivity index (χ0) is 12.8. The Labute approximate surface area is 111 Å². The molecule has 1 aromatic carbocycles. The molecule has 94 valence electrons. The molecule has 0 aliphatic heterocycles. The maximum Gasteiger partial charge on any atom is 0.224 e. The van der Waals surface area contributed by atoms with Gasteiger partial charge in [0.1, 0.15) is 11.6 Å². The summed E-state index contributed by atoms with van der Waals surface area (Å²) in [6.07, 6.45) is 2.54. The Kier molecular flexibility index (Phi) is 4.36. The number of ether oxygens (including phenoxy) is 1. The molecule has 1 N–H and O–H groups in total. The number of hydrogen-bond donors (Lipinski definition) is 1. The smallest absolute Gasteiger partial charge is 0.224 e. The highest BCUT2D eigenvalue weighted by molar-refractivity contribution is 6.28. The maximum absolute atomic E-state index is 5.70. The van der Waals surface area contributed by atoms with Gasteiger partial charge in [0.25, 0.3) is 0 Å². The highest BCUT2D eigenvalue weighted by Gasteiger charge is 1.97. The minimum absolute atomic E-state index is 0.254. The van der Waals surface area contributed by atoms with Gasteiger partial charge in [-0.2, -0.15) is 0 Å². The molecular formula is C13H14ClN3O. The number of rotatable bonds is 5. The first-order chi connectivity index (χ1) is 8.78. The van der Waals surface area contributed by atoms with Crippen molar-refractivity contribution in [1.29, 1.82) is 0 Å². The van der Waals surface area contributed by atoms with Crippen LogP contribution >= 0.6 is 11.6 Å². The average Bonchev–Trinajstić information content (AvgIpc) is 2.40. The van der Waals surface area contributed by atoms with Crippen LogP contribution in [0.3, 0.4) is 0 Å². The molecule has 0 saturated heterocycles. The highest BCUT2D eigenvalue weighted by Crippen LogP contribution is 2.12. The van der Waals surface area contributed by atoms with Crippen LogP contribution < -0.4 is 10.1 Å². The fraction of sp³-hybridized carbons (Fsp3) is 0.231. The summed E-state index contributed by atoms with van der Waals surface area (Å²) in [4.78, 5) is 7.88. The Morgan fingerprint density at radius 3 is 2.67 bits per heavy atom. The largest absolute Gasteiger partial charge is 0.497 e. The first-order valence-corrected chi connectivity index (χ1v) is 6.01. The molecule has 0 spiro atoms. The lowest BCUT2D eigenvalue weighted by Gasteiger charge is -2.06. The van der Waals surface area contributed by atoms with Gasteiger partial charge in [-0.3, -0.25) is 0 Å². The summed E-state index contributed by atoms with van der Waals surface area (Å²) in [6.45, 7) is 0.791. The molecular weight excluding hydrogens is 250 g/mol. The molecule has 0 radical (unpaired) electrons. The van der Waals surface area contributed by atoms with E-state index in [1.165, 1.54) is 5.56 Å². The van der Waals surface area contributed by atoms with Gasteiger partial charge in [0.05, 0.1) is 7.11 Å². The minimum atomic E-state index is 0.254. The van der Waals surface area contributed by atoms with Crippen molar-refractivity contribution in [3.8, 4) is 5.75 Å². The summed E-state index contributed by atoms with van der Waals surface area (Å²) in [5.74, 6) is 1.61. The van der Waals surface area contributed by atoms with Crippen molar-refractivity contribution in [2.75, 3.05) is 19.0 Å². The van der Waals surface area contributed by atoms with Gasteiger partial charge >= 0.3 is 0 Å². The Morgan fingerprint density at radius 2 is 2.00 bits per heavy atom. The quantitative estimate of drug-likeness (QED) is 0.843. The fourth-order valence-electron chi connectivity index (χ4n) is 1.56. The number of methoxy groups -OCH3 is 1. The van der Waals surface area contributed by atoms with Gasteiger partial charge in [0.2, 0.25) is 5.28 Å². The first-order valence-electron chi connectivity index (χ1n) is 5.63. The normalized spacial score (nSPS) is 10.1. The molecule has 4 nitrogen and oxygen atoms in total. The molecule has 0 atom stereocenters. The summed E-state index contributed by atoms with van der Waals surface area (Å²) >= 11 is 5.70. The lowest BCUT2D eigenvalue weighted by molar-refractivity contribution is 0.414. The second-order valence-corrected chi connectivity index (χ2v) is 4.07. The molecule has 2 rings (SSSR count). The summed E-state index contributed by atoms with van der Waals surface area (Å²) in [6, 6.07) is 9.80. The van der Waals surface area contributed by atoms with Crippen LogP contribution in [0.4, 0.5) is 5.82 Å². The summed E-state index contributed by atoms with van der Waals surface area (Å²) in [7, 11) is 1.66. The van der Waals surface area contributed by atoms with Gasteiger partial charge in [-0.15, -0.1) is 0 Å². The topological polar surface area (TPSA) is 47.0 Å². The molecule has 2 aromatic rings. The number of anilines is 1. The van der Waals surface area contributed by atoms with Gasteiger partial charge in [0, 0.05) is 12.7 Å². The second kappa shape index (κ2) is 6.21. The third kappa shape index (κ3) is 3.60. The van der Waals surface area contributed by atoms with E-state index in [4.69, 9.17) is 16.3 Å². The Hall–Kier alpha value is -1.81. The molecule has 1 heterocycles. The molecule has 18 heavy (non-hydrogen) atoms. The number of benzene rings is 1.